The summed E-state index contributed by atoms with van der Waals surface area (Å²) in [6, 6.07) is 15.9. The monoisotopic (exact) mass is 379 g/mol. The molecule has 28 heavy (non-hydrogen) atoms. The minimum Gasteiger partial charge on any atom is -0.486 e. The van der Waals surface area contributed by atoms with Crippen LogP contribution in [0.2, 0.25) is 0 Å². The molecular weight excluding hydrogens is 354 g/mol. The highest BCUT2D eigenvalue weighted by Gasteiger charge is 2.15. The first-order valence-electron chi connectivity index (χ1n) is 9.68. The van der Waals surface area contributed by atoms with Crippen LogP contribution in [0, 0.1) is 0 Å². The lowest BCUT2D eigenvalue weighted by Gasteiger charge is -2.21. The van der Waals surface area contributed by atoms with Crippen molar-refractivity contribution in [2.24, 2.45) is 0 Å². The number of carbonyl (C=O) groups is 1. The first kappa shape index (κ1) is 18.2. The fourth-order valence-corrected chi connectivity index (χ4v) is 3.45. The summed E-state index contributed by atoms with van der Waals surface area (Å²) in [6.07, 6.45) is 2.96. The Morgan fingerprint density at radius 2 is 1.93 bits per heavy atom. The third kappa shape index (κ3) is 4.06. The van der Waals surface area contributed by atoms with Crippen LogP contribution >= 0.6 is 0 Å². The minimum atomic E-state index is -0.167. The van der Waals surface area contributed by atoms with Gasteiger partial charge in [-0.15, -0.1) is 0 Å². The van der Waals surface area contributed by atoms with E-state index < -0.39 is 0 Å². The normalized spacial score (nSPS) is 13.9. The third-order valence-corrected chi connectivity index (χ3v) is 4.96. The lowest BCUT2D eigenvalue weighted by atomic mass is 10.1. The lowest BCUT2D eigenvalue weighted by molar-refractivity contribution is 0.171. The molecule has 3 aromatic rings. The number of amides is 2. The molecule has 1 aromatic heterocycles. The largest absolute Gasteiger partial charge is 0.486 e. The third-order valence-electron chi connectivity index (χ3n) is 4.96. The van der Waals surface area contributed by atoms with Gasteiger partial charge in [0.05, 0.1) is 6.04 Å². The molecule has 1 unspecified atom stereocenters. The molecule has 0 saturated heterocycles. The molecular formula is C22H25N3O3. The van der Waals surface area contributed by atoms with Crippen LogP contribution in [0.5, 0.6) is 11.5 Å². The molecule has 0 radical (unpaired) electrons. The summed E-state index contributed by atoms with van der Waals surface area (Å²) >= 11 is 0. The number of urea groups is 1. The molecule has 1 atom stereocenters. The number of nitrogens with one attached hydrogen (secondary N) is 2. The molecule has 0 spiro atoms. The zero-order valence-electron chi connectivity index (χ0n) is 16.0. The van der Waals surface area contributed by atoms with Gasteiger partial charge >= 0.3 is 6.03 Å². The number of hydrogen-bond donors (Lipinski definition) is 2. The van der Waals surface area contributed by atoms with Crippen LogP contribution in [0.25, 0.3) is 10.9 Å². The van der Waals surface area contributed by atoms with E-state index in [0.717, 1.165) is 30.0 Å². The fourth-order valence-electron chi connectivity index (χ4n) is 3.45. The maximum absolute atomic E-state index is 12.2. The van der Waals surface area contributed by atoms with Crippen LogP contribution < -0.4 is 20.1 Å². The van der Waals surface area contributed by atoms with Crippen molar-refractivity contribution in [2.45, 2.75) is 25.9 Å². The van der Waals surface area contributed by atoms with Crippen molar-refractivity contribution in [1.29, 1.82) is 0 Å². The Hall–Kier alpha value is -3.15. The summed E-state index contributed by atoms with van der Waals surface area (Å²) < 4.78 is 13.4. The highest BCUT2D eigenvalue weighted by molar-refractivity contribution is 5.79. The molecule has 1 aliphatic rings. The van der Waals surface area contributed by atoms with Crippen LogP contribution in [-0.4, -0.2) is 30.4 Å². The van der Waals surface area contributed by atoms with Crippen molar-refractivity contribution < 1.29 is 14.3 Å². The van der Waals surface area contributed by atoms with Crippen molar-refractivity contribution in [1.82, 2.24) is 15.2 Å². The van der Waals surface area contributed by atoms with E-state index in [1.54, 1.807) is 0 Å². The summed E-state index contributed by atoms with van der Waals surface area (Å²) in [5.74, 6) is 1.49. The quantitative estimate of drug-likeness (QED) is 0.639. The second-order valence-electron chi connectivity index (χ2n) is 6.95. The fraction of sp³-hybridized carbons (Fsp3) is 0.318. The Balaban J connectivity index is 1.24. The summed E-state index contributed by atoms with van der Waals surface area (Å²) in [5, 5.41) is 7.15. The molecule has 1 aliphatic heterocycles. The van der Waals surface area contributed by atoms with Crippen LogP contribution in [0.4, 0.5) is 4.79 Å². The maximum Gasteiger partial charge on any atom is 0.315 e. The highest BCUT2D eigenvalue weighted by atomic mass is 16.6. The van der Waals surface area contributed by atoms with Crippen molar-refractivity contribution in [3.63, 3.8) is 0 Å². The van der Waals surface area contributed by atoms with E-state index >= 15 is 0 Å². The van der Waals surface area contributed by atoms with E-state index in [2.05, 4.69) is 39.6 Å². The second-order valence-corrected chi connectivity index (χ2v) is 6.95. The standard InChI is InChI=1S/C22H25N3O3/c1-16(18-7-8-20-21(15-18)28-14-13-27-20)24-22(26)23-10-4-11-25-12-9-17-5-2-3-6-19(17)25/h2-3,5-9,12,15-16H,4,10-11,13-14H2,1H3,(H2,23,24,26). The molecule has 4 rings (SSSR count). The zero-order chi connectivity index (χ0) is 19.3. The predicted molar refractivity (Wildman–Crippen MR) is 109 cm³/mol. The van der Waals surface area contributed by atoms with E-state index in [9.17, 15) is 4.79 Å². The van der Waals surface area contributed by atoms with Crippen molar-refractivity contribution in [2.75, 3.05) is 19.8 Å². The summed E-state index contributed by atoms with van der Waals surface area (Å²) in [5.41, 5.74) is 2.21. The van der Waals surface area contributed by atoms with Crippen LogP contribution in [-0.2, 0) is 6.54 Å². The second kappa shape index (κ2) is 8.25. The Labute approximate surface area is 164 Å². The molecule has 6 heteroatoms. The first-order chi connectivity index (χ1) is 13.7. The van der Waals surface area contributed by atoms with Gasteiger partial charge < -0.3 is 24.7 Å². The van der Waals surface area contributed by atoms with Crippen LogP contribution in [0.1, 0.15) is 24.9 Å². The molecule has 2 amide bonds. The summed E-state index contributed by atoms with van der Waals surface area (Å²) in [6.45, 7) is 4.56. The smallest absolute Gasteiger partial charge is 0.315 e. The van der Waals surface area contributed by atoms with Crippen molar-refractivity contribution >= 4 is 16.9 Å². The molecule has 2 N–H and O–H groups in total. The number of benzene rings is 2. The Kier molecular flexibility index (Phi) is 5.37. The maximum atomic E-state index is 12.2. The number of hydrogen-bond acceptors (Lipinski definition) is 3. The SMILES string of the molecule is CC(NC(=O)NCCCn1ccc2ccccc21)c1ccc2c(c1)OCCO2. The van der Waals surface area contributed by atoms with E-state index in [1.165, 1.54) is 10.9 Å². The van der Waals surface area contributed by atoms with Gasteiger partial charge in [-0.1, -0.05) is 24.3 Å². The van der Waals surface area contributed by atoms with E-state index in [1.807, 2.05) is 37.3 Å². The van der Waals surface area contributed by atoms with Gasteiger partial charge in [-0.05, 0) is 48.6 Å². The van der Waals surface area contributed by atoms with Gasteiger partial charge in [-0.3, -0.25) is 0 Å². The lowest BCUT2D eigenvalue weighted by Crippen LogP contribution is -2.37. The number of fused-ring (bicyclic) bond motifs is 2. The Morgan fingerprint density at radius 1 is 1.11 bits per heavy atom. The van der Waals surface area contributed by atoms with Gasteiger partial charge in [-0.25, -0.2) is 4.79 Å². The molecule has 0 bridgehead atoms. The number of aryl methyl sites for hydroxylation is 1. The number of para-hydroxylation sites is 1. The molecule has 2 heterocycles. The minimum absolute atomic E-state index is 0.121. The predicted octanol–water partition coefficient (Wildman–Crippen LogP) is 3.86. The number of rotatable bonds is 6. The van der Waals surface area contributed by atoms with E-state index in [0.29, 0.717) is 19.8 Å². The molecule has 0 fully saturated rings. The Bertz CT molecular complexity index is 967. The summed E-state index contributed by atoms with van der Waals surface area (Å²) in [4.78, 5) is 12.2. The van der Waals surface area contributed by atoms with E-state index in [-0.39, 0.29) is 12.1 Å². The molecule has 0 saturated carbocycles. The summed E-state index contributed by atoms with van der Waals surface area (Å²) in [7, 11) is 0. The number of carbonyl (C=O) groups excluding carboxylic acids is 1. The van der Waals surface area contributed by atoms with Gasteiger partial charge in [0, 0.05) is 24.8 Å². The van der Waals surface area contributed by atoms with Gasteiger partial charge in [-0.2, -0.15) is 0 Å². The van der Waals surface area contributed by atoms with Gasteiger partial charge in [0.1, 0.15) is 13.2 Å². The average Bonchev–Trinajstić information content (AvgIpc) is 3.14. The van der Waals surface area contributed by atoms with Crippen molar-refractivity contribution in [3.05, 3.63) is 60.3 Å². The molecule has 146 valence electrons. The number of nitrogens with zero attached hydrogens (tertiary/aromatic N) is 1. The van der Waals surface area contributed by atoms with Crippen LogP contribution in [0.15, 0.2) is 54.7 Å². The van der Waals surface area contributed by atoms with Gasteiger partial charge in [0.2, 0.25) is 0 Å². The number of aromatic nitrogens is 1. The zero-order valence-corrected chi connectivity index (χ0v) is 16.0. The molecule has 2 aromatic carbocycles. The average molecular weight is 379 g/mol. The Morgan fingerprint density at radius 3 is 2.82 bits per heavy atom. The molecule has 6 nitrogen and oxygen atoms in total. The van der Waals surface area contributed by atoms with Gasteiger partial charge in [0.25, 0.3) is 0 Å². The molecule has 0 aliphatic carbocycles. The van der Waals surface area contributed by atoms with Crippen molar-refractivity contribution in [3.8, 4) is 11.5 Å². The van der Waals surface area contributed by atoms with E-state index in [4.69, 9.17) is 9.47 Å². The first-order valence-corrected chi connectivity index (χ1v) is 9.68. The van der Waals surface area contributed by atoms with Crippen LogP contribution in [0.3, 0.4) is 0 Å². The topological polar surface area (TPSA) is 64.5 Å². The van der Waals surface area contributed by atoms with Gasteiger partial charge in [0.15, 0.2) is 11.5 Å². The highest BCUT2D eigenvalue weighted by Crippen LogP contribution is 2.32. The number of ether oxygens (including phenoxy) is 2.